The van der Waals surface area contributed by atoms with Gasteiger partial charge in [-0.15, -0.1) is 0 Å². The first-order chi connectivity index (χ1) is 5.24. The third-order valence-corrected chi connectivity index (χ3v) is 1.00. The number of carbonyl (C=O) groups excluding carboxylic acids is 1. The normalized spacial score (nSPS) is 9.55. The van der Waals surface area contributed by atoms with Gasteiger partial charge in [0.05, 0.1) is 12.7 Å². The van der Waals surface area contributed by atoms with Gasteiger partial charge in [-0.05, 0) is 6.92 Å². The lowest BCUT2D eigenvalue weighted by Crippen LogP contribution is -2.03. The molecule has 1 rings (SSSR count). The second-order valence-corrected chi connectivity index (χ2v) is 1.80. The number of aromatic nitrogens is 1. The van der Waals surface area contributed by atoms with Gasteiger partial charge in [0.15, 0.2) is 0 Å². The molecule has 0 atom stereocenters. The molecule has 0 aliphatic heterocycles. The number of hydrogen-bond donors (Lipinski definition) is 1. The Bertz CT molecular complexity index is 298. The van der Waals surface area contributed by atoms with Gasteiger partial charge in [-0.2, -0.15) is 5.16 Å². The Hall–Kier alpha value is -1.52. The van der Waals surface area contributed by atoms with Crippen molar-refractivity contribution in [3.05, 3.63) is 22.2 Å². The summed E-state index contributed by atoms with van der Waals surface area (Å²) in [5.74, 6) is -0.734. The maximum absolute atomic E-state index is 10.8. The van der Waals surface area contributed by atoms with Gasteiger partial charge in [0.1, 0.15) is 0 Å². The fourth-order valence-electron chi connectivity index (χ4n) is 0.586. The molecular weight excluding hydrogens is 150 g/mol. The van der Waals surface area contributed by atoms with Crippen LogP contribution in [0.3, 0.4) is 0 Å². The van der Waals surface area contributed by atoms with E-state index in [0.717, 1.165) is 6.07 Å². The second-order valence-electron chi connectivity index (χ2n) is 1.80. The van der Waals surface area contributed by atoms with E-state index in [1.54, 1.807) is 6.92 Å². The van der Waals surface area contributed by atoms with Gasteiger partial charge in [0.25, 0.3) is 5.56 Å². The van der Waals surface area contributed by atoms with E-state index in [4.69, 9.17) is 0 Å². The van der Waals surface area contributed by atoms with E-state index in [9.17, 15) is 9.59 Å². The Morgan fingerprint density at radius 1 is 1.82 bits per heavy atom. The summed E-state index contributed by atoms with van der Waals surface area (Å²) < 4.78 is 9.02. The van der Waals surface area contributed by atoms with Crippen molar-refractivity contribution in [1.82, 2.24) is 5.16 Å². The smallest absolute Gasteiger partial charge is 0.377 e. The molecule has 5 nitrogen and oxygen atoms in total. The molecule has 0 saturated carbocycles. The maximum atomic E-state index is 10.8. The van der Waals surface area contributed by atoms with Crippen molar-refractivity contribution in [2.45, 2.75) is 6.92 Å². The summed E-state index contributed by atoms with van der Waals surface area (Å²) in [5.41, 5.74) is -0.451. The number of aromatic amines is 1. The summed E-state index contributed by atoms with van der Waals surface area (Å²) in [4.78, 5) is 21.2. The average molecular weight is 157 g/mol. The third kappa shape index (κ3) is 1.70. The molecule has 0 amide bonds. The lowest BCUT2D eigenvalue weighted by Gasteiger charge is -1.93. The minimum atomic E-state index is -0.633. The molecule has 0 radical (unpaired) electrons. The molecule has 60 valence electrons. The molecule has 1 aromatic heterocycles. The summed E-state index contributed by atoms with van der Waals surface area (Å²) in [7, 11) is 0. The second kappa shape index (κ2) is 3.05. The molecule has 0 aliphatic carbocycles. The van der Waals surface area contributed by atoms with Crippen LogP contribution in [0.15, 0.2) is 15.4 Å². The summed E-state index contributed by atoms with van der Waals surface area (Å²) >= 11 is 0. The van der Waals surface area contributed by atoms with Crippen molar-refractivity contribution < 1.29 is 14.1 Å². The number of nitrogens with one attached hydrogen (secondary N) is 1. The molecule has 5 heteroatoms. The molecule has 1 heterocycles. The van der Waals surface area contributed by atoms with Gasteiger partial charge < -0.3 is 9.26 Å². The Labute approximate surface area is 61.9 Å². The highest BCUT2D eigenvalue weighted by molar-refractivity contribution is 5.85. The zero-order chi connectivity index (χ0) is 8.27. The van der Waals surface area contributed by atoms with E-state index in [1.165, 1.54) is 0 Å². The summed E-state index contributed by atoms with van der Waals surface area (Å²) in [6, 6.07) is 1.04. The van der Waals surface area contributed by atoms with Crippen LogP contribution < -0.4 is 5.56 Å². The summed E-state index contributed by atoms with van der Waals surface area (Å²) in [5, 5.41) is 1.98. The topological polar surface area (TPSA) is 72.3 Å². The molecule has 1 N–H and O–H groups in total. The van der Waals surface area contributed by atoms with Crippen molar-refractivity contribution in [3.8, 4) is 0 Å². The number of esters is 1. The van der Waals surface area contributed by atoms with E-state index in [0.29, 0.717) is 0 Å². The van der Waals surface area contributed by atoms with Gasteiger partial charge in [-0.25, -0.2) is 4.79 Å². The highest BCUT2D eigenvalue weighted by atomic mass is 16.6. The highest BCUT2D eigenvalue weighted by Gasteiger charge is 2.10. The van der Waals surface area contributed by atoms with Crippen molar-refractivity contribution in [3.63, 3.8) is 0 Å². The largest absolute Gasteiger partial charge is 0.460 e. The first kappa shape index (κ1) is 7.59. The molecule has 0 saturated heterocycles. The van der Waals surface area contributed by atoms with Gasteiger partial charge in [0.2, 0.25) is 5.76 Å². The predicted octanol–water partition coefficient (Wildman–Crippen LogP) is 0.145. The number of hydrogen-bond acceptors (Lipinski definition) is 4. The van der Waals surface area contributed by atoms with Gasteiger partial charge in [0, 0.05) is 0 Å². The molecule has 1 aromatic rings. The monoisotopic (exact) mass is 157 g/mol. The van der Waals surface area contributed by atoms with Crippen LogP contribution in [0.2, 0.25) is 0 Å². The van der Waals surface area contributed by atoms with Crippen LogP contribution in [0.25, 0.3) is 0 Å². The van der Waals surface area contributed by atoms with E-state index in [-0.39, 0.29) is 12.4 Å². The average Bonchev–Trinajstić information content (AvgIpc) is 2.36. The zero-order valence-electron chi connectivity index (χ0n) is 5.92. The van der Waals surface area contributed by atoms with Gasteiger partial charge in [-0.1, -0.05) is 0 Å². The van der Waals surface area contributed by atoms with Crippen LogP contribution in [0.1, 0.15) is 17.5 Å². The Kier molecular flexibility index (Phi) is 2.10. The van der Waals surface area contributed by atoms with E-state index < -0.39 is 11.5 Å². The van der Waals surface area contributed by atoms with Crippen LogP contribution in [-0.4, -0.2) is 17.7 Å². The summed E-state index contributed by atoms with van der Waals surface area (Å²) in [6.45, 7) is 1.93. The fourth-order valence-corrected chi connectivity index (χ4v) is 0.586. The molecule has 0 aliphatic rings. The SMILES string of the molecule is CCOC(=O)c1cc(=O)[nH]o1. The number of carbonyl (C=O) groups is 1. The zero-order valence-corrected chi connectivity index (χ0v) is 5.92. The Morgan fingerprint density at radius 2 is 2.55 bits per heavy atom. The van der Waals surface area contributed by atoms with Crippen LogP contribution >= 0.6 is 0 Å². The quantitative estimate of drug-likeness (QED) is 0.620. The Morgan fingerprint density at radius 3 is 3.00 bits per heavy atom. The van der Waals surface area contributed by atoms with Crippen molar-refractivity contribution in [2.24, 2.45) is 0 Å². The number of ether oxygens (including phenoxy) is 1. The first-order valence-electron chi connectivity index (χ1n) is 3.09. The van der Waals surface area contributed by atoms with Crippen LogP contribution in [0.5, 0.6) is 0 Å². The number of H-pyrrole nitrogens is 1. The van der Waals surface area contributed by atoms with E-state index in [1.807, 2.05) is 5.16 Å². The molecule has 0 bridgehead atoms. The molecule has 0 unspecified atom stereocenters. The first-order valence-corrected chi connectivity index (χ1v) is 3.09. The van der Waals surface area contributed by atoms with Crippen LogP contribution in [-0.2, 0) is 4.74 Å². The van der Waals surface area contributed by atoms with Crippen molar-refractivity contribution in [2.75, 3.05) is 6.61 Å². The van der Waals surface area contributed by atoms with E-state index >= 15 is 0 Å². The number of rotatable bonds is 2. The Balaban J connectivity index is 2.76. The minimum Gasteiger partial charge on any atom is -0.460 e. The molecule has 0 spiro atoms. The summed E-state index contributed by atoms with van der Waals surface area (Å²) in [6.07, 6.45) is 0. The van der Waals surface area contributed by atoms with Gasteiger partial charge in [-0.3, -0.25) is 4.79 Å². The van der Waals surface area contributed by atoms with Crippen LogP contribution in [0.4, 0.5) is 0 Å². The maximum Gasteiger partial charge on any atom is 0.377 e. The standard InChI is InChI=1S/C6H7NO4/c1-2-10-6(9)4-3-5(8)7-11-4/h3H,2H2,1H3,(H,7,8). The third-order valence-electron chi connectivity index (χ3n) is 1.00. The lowest BCUT2D eigenvalue weighted by molar-refractivity contribution is 0.0479. The minimum absolute atomic E-state index is 0.100. The molecule has 11 heavy (non-hydrogen) atoms. The molecule has 0 fully saturated rings. The highest BCUT2D eigenvalue weighted by Crippen LogP contribution is 1.95. The molecular formula is C6H7NO4. The molecule has 0 aromatic carbocycles. The van der Waals surface area contributed by atoms with Crippen molar-refractivity contribution >= 4 is 5.97 Å². The van der Waals surface area contributed by atoms with Crippen molar-refractivity contribution in [1.29, 1.82) is 0 Å². The predicted molar refractivity (Wildman–Crippen MR) is 35.3 cm³/mol. The van der Waals surface area contributed by atoms with E-state index in [2.05, 4.69) is 9.26 Å². The lowest BCUT2D eigenvalue weighted by atomic mass is 10.5. The van der Waals surface area contributed by atoms with Gasteiger partial charge >= 0.3 is 5.97 Å². The fraction of sp³-hybridized carbons (Fsp3) is 0.333. The van der Waals surface area contributed by atoms with Crippen LogP contribution in [0, 0.1) is 0 Å².